The number of rotatable bonds is 5. The number of aliphatic carboxylic acids is 2. The highest BCUT2D eigenvalue weighted by Gasteiger charge is 2.42. The first-order valence-corrected chi connectivity index (χ1v) is 7.41. The molecular formula is C15H17N5O4. The molecule has 0 aliphatic carbocycles. The van der Waals surface area contributed by atoms with Crippen LogP contribution in [0.1, 0.15) is 12.5 Å². The lowest BCUT2D eigenvalue weighted by molar-refractivity contribution is -0.142. The summed E-state index contributed by atoms with van der Waals surface area (Å²) in [5.74, 6) is -2.73. The Labute approximate surface area is 137 Å². The van der Waals surface area contributed by atoms with E-state index in [2.05, 4.69) is 15.6 Å². The highest BCUT2D eigenvalue weighted by atomic mass is 16.4. The zero-order chi connectivity index (χ0) is 17.3. The van der Waals surface area contributed by atoms with Crippen molar-refractivity contribution in [1.29, 1.82) is 0 Å². The Morgan fingerprint density at radius 2 is 2.17 bits per heavy atom. The van der Waals surface area contributed by atoms with Gasteiger partial charge < -0.3 is 21.3 Å². The second kappa shape index (κ2) is 6.28. The van der Waals surface area contributed by atoms with E-state index in [9.17, 15) is 14.7 Å². The Morgan fingerprint density at radius 3 is 2.83 bits per heavy atom. The van der Waals surface area contributed by atoms with Crippen LogP contribution in [0.4, 0.5) is 5.69 Å². The van der Waals surface area contributed by atoms with Gasteiger partial charge in [-0.1, -0.05) is 17.3 Å². The minimum atomic E-state index is -1.07. The lowest BCUT2D eigenvalue weighted by atomic mass is 9.93. The van der Waals surface area contributed by atoms with Crippen LogP contribution in [0.25, 0.3) is 11.3 Å². The van der Waals surface area contributed by atoms with E-state index in [1.807, 2.05) is 6.07 Å². The Bertz CT molecular complexity index is 775. The van der Waals surface area contributed by atoms with Gasteiger partial charge in [0.2, 0.25) is 0 Å². The van der Waals surface area contributed by atoms with Crippen LogP contribution in [0.15, 0.2) is 30.5 Å². The summed E-state index contributed by atoms with van der Waals surface area (Å²) in [6, 6.07) is 5.84. The summed E-state index contributed by atoms with van der Waals surface area (Å²) in [7, 11) is 0. The van der Waals surface area contributed by atoms with Crippen molar-refractivity contribution in [3.05, 3.63) is 30.5 Å². The van der Waals surface area contributed by atoms with Crippen molar-refractivity contribution in [2.75, 3.05) is 12.3 Å². The van der Waals surface area contributed by atoms with E-state index >= 15 is 0 Å². The van der Waals surface area contributed by atoms with Gasteiger partial charge in [0.15, 0.2) is 0 Å². The molecule has 2 heterocycles. The van der Waals surface area contributed by atoms with Crippen molar-refractivity contribution < 1.29 is 19.8 Å². The van der Waals surface area contributed by atoms with Gasteiger partial charge >= 0.3 is 11.9 Å². The molecular weight excluding hydrogens is 314 g/mol. The van der Waals surface area contributed by atoms with Crippen molar-refractivity contribution >= 4 is 17.6 Å². The first-order valence-electron chi connectivity index (χ1n) is 7.41. The third-order valence-corrected chi connectivity index (χ3v) is 4.18. The van der Waals surface area contributed by atoms with E-state index in [4.69, 9.17) is 10.8 Å². The molecule has 5 N–H and O–H groups in total. The monoisotopic (exact) mass is 331 g/mol. The molecule has 126 valence electrons. The number of anilines is 1. The van der Waals surface area contributed by atoms with Crippen LogP contribution in [-0.4, -0.2) is 49.7 Å². The molecule has 9 nitrogen and oxygen atoms in total. The number of nitrogens with one attached hydrogen (secondary N) is 1. The summed E-state index contributed by atoms with van der Waals surface area (Å²) in [6.07, 6.45) is 1.42. The molecule has 0 spiro atoms. The molecule has 1 fully saturated rings. The number of carboxylic acid groups (broad SMARTS) is 2. The number of hydrogen-bond donors (Lipinski definition) is 4. The molecule has 2 aromatic rings. The Morgan fingerprint density at radius 1 is 1.38 bits per heavy atom. The maximum atomic E-state index is 11.3. The summed E-state index contributed by atoms with van der Waals surface area (Å²) < 4.78 is 1.53. The van der Waals surface area contributed by atoms with Gasteiger partial charge in [-0.2, -0.15) is 0 Å². The van der Waals surface area contributed by atoms with Gasteiger partial charge in [-0.25, -0.2) is 4.68 Å². The van der Waals surface area contributed by atoms with Crippen molar-refractivity contribution in [3.63, 3.8) is 0 Å². The van der Waals surface area contributed by atoms with Crippen LogP contribution in [0.2, 0.25) is 0 Å². The lowest BCUT2D eigenvalue weighted by Gasteiger charge is -2.19. The standard InChI is InChI=1S/C15H17N5O4/c16-9-3-1-2-8(4-9)11-7-20(19-18-11)12-6-17-14(15(23)24)10(12)5-13(21)22/h1-4,7,10,12,14,17H,5-6,16H2,(H,21,22)(H,23,24)/t10-,12-,14-/m0/s1. The highest BCUT2D eigenvalue weighted by molar-refractivity contribution is 5.76. The topological polar surface area (TPSA) is 143 Å². The molecule has 3 atom stereocenters. The fourth-order valence-electron chi connectivity index (χ4n) is 3.06. The maximum Gasteiger partial charge on any atom is 0.321 e. The largest absolute Gasteiger partial charge is 0.481 e. The van der Waals surface area contributed by atoms with Crippen molar-refractivity contribution in [2.24, 2.45) is 5.92 Å². The zero-order valence-corrected chi connectivity index (χ0v) is 12.7. The molecule has 1 aliphatic heterocycles. The molecule has 1 aromatic heterocycles. The second-order valence-corrected chi connectivity index (χ2v) is 5.76. The predicted molar refractivity (Wildman–Crippen MR) is 84.1 cm³/mol. The van der Waals surface area contributed by atoms with Gasteiger partial charge in [0.1, 0.15) is 11.7 Å². The minimum Gasteiger partial charge on any atom is -0.481 e. The quantitative estimate of drug-likeness (QED) is 0.569. The van der Waals surface area contributed by atoms with Crippen molar-refractivity contribution in [1.82, 2.24) is 20.3 Å². The van der Waals surface area contributed by atoms with Gasteiger partial charge in [-0.3, -0.25) is 9.59 Å². The third-order valence-electron chi connectivity index (χ3n) is 4.18. The van der Waals surface area contributed by atoms with Crippen LogP contribution in [-0.2, 0) is 9.59 Å². The lowest BCUT2D eigenvalue weighted by Crippen LogP contribution is -2.37. The van der Waals surface area contributed by atoms with Gasteiger partial charge in [0.05, 0.1) is 18.7 Å². The zero-order valence-electron chi connectivity index (χ0n) is 12.7. The molecule has 0 saturated carbocycles. The average Bonchev–Trinajstić information content (AvgIpc) is 3.13. The van der Waals surface area contributed by atoms with Crippen LogP contribution in [0.3, 0.4) is 0 Å². The second-order valence-electron chi connectivity index (χ2n) is 5.76. The summed E-state index contributed by atoms with van der Waals surface area (Å²) in [4.78, 5) is 22.4. The Balaban J connectivity index is 1.88. The van der Waals surface area contributed by atoms with Gasteiger partial charge in [-0.05, 0) is 12.1 Å². The van der Waals surface area contributed by atoms with Gasteiger partial charge in [0, 0.05) is 23.7 Å². The molecule has 1 aliphatic rings. The molecule has 0 unspecified atom stereocenters. The smallest absolute Gasteiger partial charge is 0.321 e. The number of carboxylic acids is 2. The molecule has 1 aromatic carbocycles. The number of hydrogen-bond acceptors (Lipinski definition) is 6. The summed E-state index contributed by atoms with van der Waals surface area (Å²) in [5.41, 5.74) is 7.74. The van der Waals surface area contributed by atoms with E-state index in [1.54, 1.807) is 24.4 Å². The van der Waals surface area contributed by atoms with E-state index in [0.717, 1.165) is 5.56 Å². The number of nitrogens with two attached hydrogens (primary N) is 1. The first kappa shape index (κ1) is 15.9. The molecule has 0 radical (unpaired) electrons. The van der Waals surface area contributed by atoms with Crippen LogP contribution < -0.4 is 11.1 Å². The number of aromatic nitrogens is 3. The number of nitrogen functional groups attached to an aromatic ring is 1. The Hall–Kier alpha value is -2.94. The van der Waals surface area contributed by atoms with E-state index < -0.39 is 29.9 Å². The molecule has 24 heavy (non-hydrogen) atoms. The molecule has 9 heteroatoms. The highest BCUT2D eigenvalue weighted by Crippen LogP contribution is 2.31. The summed E-state index contributed by atoms with van der Waals surface area (Å²) in [5, 5.41) is 29.3. The van der Waals surface area contributed by atoms with Gasteiger partial charge in [0.25, 0.3) is 0 Å². The van der Waals surface area contributed by atoms with Crippen LogP contribution in [0, 0.1) is 5.92 Å². The van der Waals surface area contributed by atoms with Crippen LogP contribution in [0.5, 0.6) is 0 Å². The summed E-state index contributed by atoms with van der Waals surface area (Å²) in [6.45, 7) is 0.314. The van der Waals surface area contributed by atoms with Crippen molar-refractivity contribution in [3.8, 4) is 11.3 Å². The van der Waals surface area contributed by atoms with E-state index in [0.29, 0.717) is 17.9 Å². The van der Waals surface area contributed by atoms with Crippen LogP contribution >= 0.6 is 0 Å². The fraction of sp³-hybridized carbons (Fsp3) is 0.333. The number of benzene rings is 1. The predicted octanol–water partition coefficient (Wildman–Crippen LogP) is 0.216. The normalized spacial score (nSPS) is 23.2. The van der Waals surface area contributed by atoms with E-state index in [1.165, 1.54) is 4.68 Å². The minimum absolute atomic E-state index is 0.262. The van der Waals surface area contributed by atoms with Gasteiger partial charge in [-0.15, -0.1) is 5.10 Å². The first-order chi connectivity index (χ1) is 11.5. The SMILES string of the molecule is Nc1cccc(-c2cn([C@H]3CN[C@H](C(=O)O)[C@H]3CC(=O)O)nn2)c1. The summed E-state index contributed by atoms with van der Waals surface area (Å²) >= 11 is 0. The molecule has 0 bridgehead atoms. The molecule has 3 rings (SSSR count). The molecule has 0 amide bonds. The number of carbonyl (C=O) groups is 2. The van der Waals surface area contributed by atoms with E-state index in [-0.39, 0.29) is 6.42 Å². The Kier molecular flexibility index (Phi) is 4.17. The molecule has 1 saturated heterocycles. The fourth-order valence-corrected chi connectivity index (χ4v) is 3.06. The third kappa shape index (κ3) is 3.06. The number of nitrogens with zero attached hydrogens (tertiary/aromatic N) is 3. The average molecular weight is 331 g/mol. The maximum absolute atomic E-state index is 11.3. The van der Waals surface area contributed by atoms with Crippen molar-refractivity contribution in [2.45, 2.75) is 18.5 Å².